The van der Waals surface area contributed by atoms with Crippen LogP contribution in [-0.2, 0) is 19.1 Å². The first-order valence-electron chi connectivity index (χ1n) is 12.3. The lowest BCUT2D eigenvalue weighted by molar-refractivity contribution is -0.140. The average Bonchev–Trinajstić information content (AvgIpc) is 2.79. The lowest BCUT2D eigenvalue weighted by Gasteiger charge is -2.34. The van der Waals surface area contributed by atoms with E-state index in [1.165, 1.54) is 4.90 Å². The summed E-state index contributed by atoms with van der Waals surface area (Å²) in [7, 11) is 0. The molecule has 0 heterocycles. The van der Waals surface area contributed by atoms with Crippen molar-refractivity contribution in [3.05, 3.63) is 65.2 Å². The van der Waals surface area contributed by atoms with Crippen LogP contribution in [0.5, 0.6) is 0 Å². The Morgan fingerprint density at radius 3 is 2.27 bits per heavy atom. The summed E-state index contributed by atoms with van der Waals surface area (Å²) >= 11 is 0. The number of anilines is 1. The molecule has 2 unspecified atom stereocenters. The summed E-state index contributed by atoms with van der Waals surface area (Å²) < 4.78 is 5.32. The van der Waals surface area contributed by atoms with Crippen LogP contribution in [0.15, 0.2) is 48.5 Å². The Balaban J connectivity index is 2.46. The molecule has 0 aromatic heterocycles. The van der Waals surface area contributed by atoms with E-state index in [1.807, 2.05) is 50.2 Å². The van der Waals surface area contributed by atoms with Gasteiger partial charge >= 0.3 is 6.09 Å². The van der Waals surface area contributed by atoms with Gasteiger partial charge in [0, 0.05) is 18.7 Å². The zero-order valence-electron chi connectivity index (χ0n) is 22.5. The molecule has 0 aliphatic heterocycles. The summed E-state index contributed by atoms with van der Waals surface area (Å²) in [6.45, 7) is 10.8. The van der Waals surface area contributed by atoms with E-state index in [-0.39, 0.29) is 19.4 Å². The van der Waals surface area contributed by atoms with E-state index in [4.69, 9.17) is 10.5 Å². The molecule has 0 aliphatic carbocycles. The number of amides is 4. The van der Waals surface area contributed by atoms with Crippen LogP contribution in [0.4, 0.5) is 10.5 Å². The van der Waals surface area contributed by atoms with Crippen LogP contribution in [0.3, 0.4) is 0 Å². The van der Waals surface area contributed by atoms with Crippen LogP contribution in [0.1, 0.15) is 63.3 Å². The maximum atomic E-state index is 13.8. The normalized spacial score (nSPS) is 12.7. The van der Waals surface area contributed by atoms with Crippen molar-refractivity contribution in [2.24, 2.45) is 5.73 Å². The Hall–Kier alpha value is -3.88. The topological polar surface area (TPSA) is 131 Å². The van der Waals surface area contributed by atoms with Crippen molar-refractivity contribution in [1.29, 1.82) is 0 Å². The number of nitrogens with zero attached hydrogens (tertiary/aromatic N) is 1. The molecular formula is C28H38N4O5. The second-order valence-electron chi connectivity index (χ2n) is 9.95. The van der Waals surface area contributed by atoms with Crippen molar-refractivity contribution in [3.63, 3.8) is 0 Å². The number of nitrogens with two attached hydrogens (primary N) is 1. The van der Waals surface area contributed by atoms with Gasteiger partial charge in [0.2, 0.25) is 11.8 Å². The number of ether oxygens (including phenoxy) is 1. The predicted octanol–water partition coefficient (Wildman–Crippen LogP) is 3.99. The van der Waals surface area contributed by atoms with E-state index in [0.717, 1.165) is 11.1 Å². The molecule has 0 saturated heterocycles. The van der Waals surface area contributed by atoms with Gasteiger partial charge in [-0.25, -0.2) is 4.79 Å². The molecule has 0 aliphatic rings. The highest BCUT2D eigenvalue weighted by Gasteiger charge is 2.35. The van der Waals surface area contributed by atoms with E-state index < -0.39 is 41.5 Å². The van der Waals surface area contributed by atoms with Gasteiger partial charge in [-0.05, 0) is 65.2 Å². The van der Waals surface area contributed by atoms with Gasteiger partial charge in [-0.2, -0.15) is 0 Å². The van der Waals surface area contributed by atoms with Crippen molar-refractivity contribution in [1.82, 2.24) is 10.2 Å². The second kappa shape index (κ2) is 12.9. The van der Waals surface area contributed by atoms with E-state index in [9.17, 15) is 19.2 Å². The Labute approximate surface area is 218 Å². The van der Waals surface area contributed by atoms with E-state index in [0.29, 0.717) is 11.3 Å². The fourth-order valence-electron chi connectivity index (χ4n) is 3.89. The Kier molecular flexibility index (Phi) is 10.2. The molecular weight excluding hydrogens is 472 g/mol. The molecule has 2 aromatic rings. The molecule has 2 rings (SSSR count). The summed E-state index contributed by atoms with van der Waals surface area (Å²) in [6, 6.07) is 12.6. The minimum atomic E-state index is -1.12. The quantitative estimate of drug-likeness (QED) is 0.445. The van der Waals surface area contributed by atoms with Crippen molar-refractivity contribution in [2.45, 2.75) is 72.1 Å². The van der Waals surface area contributed by atoms with Crippen molar-refractivity contribution < 1.29 is 23.9 Å². The standard InChI is InChI=1S/C28H38N4O5/c1-7-32(26(35)22(15-16-23(29)33)31-27(36)37-28(4,5)6)24(20-13-10-11-18(2)17-20)25(34)30-21-14-9-8-12-19(21)3/h8-14,17,22,24H,7,15-16H2,1-6H3,(H2,29,33)(H,30,34)(H,31,36). The number of alkyl carbamates (subject to hydrolysis) is 1. The number of rotatable bonds is 10. The number of likely N-dealkylation sites (N-methyl/N-ethyl adjacent to an activating group) is 1. The number of hydrogen-bond donors (Lipinski definition) is 3. The highest BCUT2D eigenvalue weighted by atomic mass is 16.6. The van der Waals surface area contributed by atoms with Gasteiger partial charge in [0.05, 0.1) is 0 Å². The number of carbonyl (C=O) groups excluding carboxylic acids is 4. The fraction of sp³-hybridized carbons (Fsp3) is 0.429. The Morgan fingerprint density at radius 1 is 1.03 bits per heavy atom. The molecule has 4 N–H and O–H groups in total. The third-order valence-corrected chi connectivity index (χ3v) is 5.61. The zero-order chi connectivity index (χ0) is 27.8. The summed E-state index contributed by atoms with van der Waals surface area (Å²) in [6.07, 6.45) is -0.971. The van der Waals surface area contributed by atoms with Gasteiger partial charge in [-0.15, -0.1) is 0 Å². The molecule has 2 atom stereocenters. The molecule has 4 amide bonds. The van der Waals surface area contributed by atoms with Crippen LogP contribution in [0.2, 0.25) is 0 Å². The number of benzene rings is 2. The highest BCUT2D eigenvalue weighted by Crippen LogP contribution is 2.26. The number of primary amides is 1. The first-order valence-corrected chi connectivity index (χ1v) is 12.3. The minimum Gasteiger partial charge on any atom is -0.444 e. The summed E-state index contributed by atoms with van der Waals surface area (Å²) in [5, 5.41) is 5.51. The summed E-state index contributed by atoms with van der Waals surface area (Å²) in [4.78, 5) is 53.0. The smallest absolute Gasteiger partial charge is 0.408 e. The minimum absolute atomic E-state index is 0.0378. The molecule has 0 spiro atoms. The van der Waals surface area contributed by atoms with E-state index in [2.05, 4.69) is 10.6 Å². The lowest BCUT2D eigenvalue weighted by atomic mass is 10.00. The Morgan fingerprint density at radius 2 is 1.70 bits per heavy atom. The molecule has 9 heteroatoms. The molecule has 37 heavy (non-hydrogen) atoms. The highest BCUT2D eigenvalue weighted by molar-refractivity contribution is 5.99. The van der Waals surface area contributed by atoms with Crippen LogP contribution in [0, 0.1) is 13.8 Å². The van der Waals surface area contributed by atoms with E-state index >= 15 is 0 Å². The van der Waals surface area contributed by atoms with Gasteiger partial charge in [-0.3, -0.25) is 14.4 Å². The van der Waals surface area contributed by atoms with Crippen molar-refractivity contribution in [2.75, 3.05) is 11.9 Å². The summed E-state index contributed by atoms with van der Waals surface area (Å²) in [5.74, 6) is -1.54. The van der Waals surface area contributed by atoms with Crippen LogP contribution < -0.4 is 16.4 Å². The van der Waals surface area contributed by atoms with Gasteiger partial charge in [0.25, 0.3) is 5.91 Å². The summed E-state index contributed by atoms with van der Waals surface area (Å²) in [5.41, 5.74) is 7.58. The van der Waals surface area contributed by atoms with Gasteiger partial charge in [0.1, 0.15) is 17.7 Å². The maximum Gasteiger partial charge on any atom is 0.408 e. The molecule has 9 nitrogen and oxygen atoms in total. The maximum absolute atomic E-state index is 13.8. The predicted molar refractivity (Wildman–Crippen MR) is 143 cm³/mol. The number of hydrogen-bond acceptors (Lipinski definition) is 5. The Bertz CT molecular complexity index is 1130. The second-order valence-corrected chi connectivity index (χ2v) is 9.95. The van der Waals surface area contributed by atoms with Gasteiger partial charge < -0.3 is 26.0 Å². The van der Waals surface area contributed by atoms with Crippen LogP contribution >= 0.6 is 0 Å². The van der Waals surface area contributed by atoms with Gasteiger partial charge in [0.15, 0.2) is 0 Å². The van der Waals surface area contributed by atoms with Crippen LogP contribution in [-0.4, -0.2) is 46.9 Å². The first-order chi connectivity index (χ1) is 17.3. The molecule has 200 valence electrons. The third-order valence-electron chi connectivity index (χ3n) is 5.61. The number of carbonyl (C=O) groups is 4. The number of aryl methyl sites for hydroxylation is 2. The van der Waals surface area contributed by atoms with Crippen molar-refractivity contribution in [3.8, 4) is 0 Å². The molecule has 0 radical (unpaired) electrons. The first kappa shape index (κ1) is 29.4. The molecule has 0 fully saturated rings. The number of nitrogens with one attached hydrogen (secondary N) is 2. The van der Waals surface area contributed by atoms with Crippen molar-refractivity contribution >= 4 is 29.5 Å². The fourth-order valence-corrected chi connectivity index (χ4v) is 3.89. The molecule has 0 saturated carbocycles. The SMILES string of the molecule is CCN(C(=O)C(CCC(N)=O)NC(=O)OC(C)(C)C)C(C(=O)Nc1ccccc1C)c1cccc(C)c1. The van der Waals surface area contributed by atoms with Gasteiger partial charge in [-0.1, -0.05) is 48.0 Å². The molecule has 2 aromatic carbocycles. The zero-order valence-corrected chi connectivity index (χ0v) is 22.5. The molecule has 0 bridgehead atoms. The van der Waals surface area contributed by atoms with E-state index in [1.54, 1.807) is 39.8 Å². The van der Waals surface area contributed by atoms with Crippen LogP contribution in [0.25, 0.3) is 0 Å². The average molecular weight is 511 g/mol. The largest absolute Gasteiger partial charge is 0.444 e. The lowest BCUT2D eigenvalue weighted by Crippen LogP contribution is -2.52. The number of para-hydroxylation sites is 1. The third kappa shape index (κ3) is 8.93. The monoisotopic (exact) mass is 510 g/mol.